The lowest BCUT2D eigenvalue weighted by Crippen LogP contribution is -2.35. The van der Waals surface area contributed by atoms with Gasteiger partial charge in [0.2, 0.25) is 0 Å². The van der Waals surface area contributed by atoms with E-state index in [1.54, 1.807) is 0 Å². The second-order valence-electron chi connectivity index (χ2n) is 3.85. The lowest BCUT2D eigenvalue weighted by atomic mass is 10.2. The van der Waals surface area contributed by atoms with E-state index in [4.69, 9.17) is 14.2 Å². The van der Waals surface area contributed by atoms with Gasteiger partial charge < -0.3 is 19.0 Å². The topological polar surface area (TPSA) is 118 Å². The molecule has 1 atom stereocenters. The third kappa shape index (κ3) is 10.0. The molecule has 118 valence electrons. The summed E-state index contributed by atoms with van der Waals surface area (Å²) in [7, 11) is 0. The maximum Gasteiger partial charge on any atom is 0.331 e. The Labute approximate surface area is 121 Å². The van der Waals surface area contributed by atoms with Gasteiger partial charge in [-0.1, -0.05) is 5.16 Å². The lowest BCUT2D eigenvalue weighted by Gasteiger charge is -2.18. The minimum absolute atomic E-state index is 0.0862. The predicted octanol–water partition coefficient (Wildman–Crippen LogP) is -0.0366. The van der Waals surface area contributed by atoms with Crippen molar-refractivity contribution in [3.05, 3.63) is 0 Å². The van der Waals surface area contributed by atoms with E-state index in [0.717, 1.165) is 20.8 Å². The second-order valence-corrected chi connectivity index (χ2v) is 3.85. The summed E-state index contributed by atoms with van der Waals surface area (Å²) < 4.78 is 14.3. The summed E-state index contributed by atoms with van der Waals surface area (Å²) in [6.07, 6.45) is -1.13. The summed E-state index contributed by atoms with van der Waals surface area (Å²) >= 11 is 0. The molecule has 0 amide bonds. The van der Waals surface area contributed by atoms with Crippen molar-refractivity contribution in [2.24, 2.45) is 5.16 Å². The number of carbonyl (C=O) groups excluding carboxylic acids is 4. The zero-order chi connectivity index (χ0) is 16.4. The summed E-state index contributed by atoms with van der Waals surface area (Å²) in [5.74, 6) is -2.61. The number of esters is 3. The number of rotatable bonds is 7. The van der Waals surface area contributed by atoms with Crippen molar-refractivity contribution < 1.29 is 38.2 Å². The Morgan fingerprint density at radius 2 is 1.43 bits per heavy atom. The van der Waals surface area contributed by atoms with Crippen molar-refractivity contribution in [3.63, 3.8) is 0 Å². The van der Waals surface area contributed by atoms with Crippen LogP contribution in [0.15, 0.2) is 5.16 Å². The maximum atomic E-state index is 11.0. The zero-order valence-electron chi connectivity index (χ0n) is 12.2. The molecule has 0 bridgehead atoms. The minimum atomic E-state index is -1.13. The van der Waals surface area contributed by atoms with Crippen molar-refractivity contribution in [3.8, 4) is 0 Å². The van der Waals surface area contributed by atoms with Crippen LogP contribution in [0.5, 0.6) is 0 Å². The average molecular weight is 303 g/mol. The van der Waals surface area contributed by atoms with Crippen LogP contribution in [0, 0.1) is 0 Å². The standard InChI is InChI=1S/C12H17NO8/c1-7(14)18-5-11(13-21-10(4)17)12(20-9(3)16)6-19-8(2)15/h12H,5-6H2,1-4H3. The zero-order valence-corrected chi connectivity index (χ0v) is 12.2. The van der Waals surface area contributed by atoms with Gasteiger partial charge in [0.25, 0.3) is 0 Å². The van der Waals surface area contributed by atoms with Crippen LogP contribution in [-0.4, -0.2) is 48.9 Å². The van der Waals surface area contributed by atoms with E-state index in [1.807, 2.05) is 0 Å². The highest BCUT2D eigenvalue weighted by Crippen LogP contribution is 2.02. The first-order chi connectivity index (χ1) is 9.72. The third-order valence-electron chi connectivity index (χ3n) is 1.83. The van der Waals surface area contributed by atoms with Gasteiger partial charge in [-0.15, -0.1) is 0 Å². The Balaban J connectivity index is 5.06. The first-order valence-electron chi connectivity index (χ1n) is 5.90. The van der Waals surface area contributed by atoms with Gasteiger partial charge in [0.1, 0.15) is 18.9 Å². The van der Waals surface area contributed by atoms with Crippen LogP contribution in [0.1, 0.15) is 27.7 Å². The molecule has 0 spiro atoms. The molecule has 0 aromatic rings. The SMILES string of the molecule is CC(=O)OCC(=NOC(C)=O)C(COC(C)=O)OC(C)=O. The molecule has 0 saturated carbocycles. The quantitative estimate of drug-likeness (QED) is 0.211. The van der Waals surface area contributed by atoms with E-state index in [2.05, 4.69) is 9.99 Å². The van der Waals surface area contributed by atoms with Crippen molar-refractivity contribution in [1.29, 1.82) is 0 Å². The van der Waals surface area contributed by atoms with Crippen LogP contribution in [0.2, 0.25) is 0 Å². The molecular formula is C12H17NO8. The number of ether oxygens (including phenoxy) is 3. The highest BCUT2D eigenvalue weighted by atomic mass is 16.7. The van der Waals surface area contributed by atoms with E-state index >= 15 is 0 Å². The third-order valence-corrected chi connectivity index (χ3v) is 1.83. The normalized spacial score (nSPS) is 12.1. The van der Waals surface area contributed by atoms with Crippen LogP contribution in [0.3, 0.4) is 0 Å². The molecule has 21 heavy (non-hydrogen) atoms. The van der Waals surface area contributed by atoms with Crippen molar-refractivity contribution in [2.45, 2.75) is 33.8 Å². The first-order valence-corrected chi connectivity index (χ1v) is 5.90. The van der Waals surface area contributed by atoms with E-state index in [-0.39, 0.29) is 18.9 Å². The van der Waals surface area contributed by atoms with Crippen molar-refractivity contribution in [2.75, 3.05) is 13.2 Å². The Morgan fingerprint density at radius 1 is 0.857 bits per heavy atom. The maximum absolute atomic E-state index is 11.0. The van der Waals surface area contributed by atoms with Crippen LogP contribution in [-0.2, 0) is 38.2 Å². The van der Waals surface area contributed by atoms with E-state index < -0.39 is 30.0 Å². The fraction of sp³-hybridized carbons (Fsp3) is 0.583. The second kappa shape index (κ2) is 9.45. The summed E-state index contributed by atoms with van der Waals surface area (Å²) in [5.41, 5.74) is -0.0862. The molecular weight excluding hydrogens is 286 g/mol. The molecule has 0 heterocycles. The molecule has 9 heteroatoms. The molecule has 0 aliphatic heterocycles. The fourth-order valence-electron chi connectivity index (χ4n) is 1.07. The summed E-state index contributed by atoms with van der Waals surface area (Å²) in [6.45, 7) is 3.84. The van der Waals surface area contributed by atoms with E-state index in [0.29, 0.717) is 0 Å². The Bertz CT molecular complexity index is 443. The molecule has 0 aliphatic carbocycles. The van der Waals surface area contributed by atoms with Gasteiger partial charge in [0, 0.05) is 27.7 Å². The van der Waals surface area contributed by atoms with Gasteiger partial charge in [-0.25, -0.2) is 4.79 Å². The number of hydrogen-bond acceptors (Lipinski definition) is 9. The lowest BCUT2D eigenvalue weighted by molar-refractivity contribution is -0.153. The van der Waals surface area contributed by atoms with Crippen LogP contribution in [0.4, 0.5) is 0 Å². The smallest absolute Gasteiger partial charge is 0.331 e. The van der Waals surface area contributed by atoms with Crippen LogP contribution in [0.25, 0.3) is 0 Å². The highest BCUT2D eigenvalue weighted by Gasteiger charge is 2.23. The van der Waals surface area contributed by atoms with E-state index in [1.165, 1.54) is 6.92 Å². The molecule has 1 unspecified atom stereocenters. The monoisotopic (exact) mass is 303 g/mol. The molecule has 0 fully saturated rings. The summed E-state index contributed by atoms with van der Waals surface area (Å²) in [5, 5.41) is 3.45. The number of carbonyl (C=O) groups is 4. The van der Waals surface area contributed by atoms with Crippen molar-refractivity contribution in [1.82, 2.24) is 0 Å². The van der Waals surface area contributed by atoms with Gasteiger partial charge in [-0.2, -0.15) is 0 Å². The number of nitrogens with zero attached hydrogens (tertiary/aromatic N) is 1. The molecule has 9 nitrogen and oxygen atoms in total. The molecule has 0 rings (SSSR count). The Hall–Kier alpha value is -2.45. The first kappa shape index (κ1) is 18.6. The van der Waals surface area contributed by atoms with Gasteiger partial charge in [0.15, 0.2) is 6.10 Å². The molecule has 0 radical (unpaired) electrons. The van der Waals surface area contributed by atoms with Gasteiger partial charge in [-0.05, 0) is 0 Å². The Kier molecular flexibility index (Phi) is 8.35. The number of oxime groups is 1. The minimum Gasteiger partial charge on any atom is -0.461 e. The molecule has 0 aliphatic rings. The average Bonchev–Trinajstić information content (AvgIpc) is 2.33. The molecule has 0 N–H and O–H groups in total. The molecule has 0 saturated heterocycles. The molecule has 0 aromatic carbocycles. The Morgan fingerprint density at radius 3 is 1.86 bits per heavy atom. The number of hydrogen-bond donors (Lipinski definition) is 0. The highest BCUT2D eigenvalue weighted by molar-refractivity contribution is 5.92. The van der Waals surface area contributed by atoms with Gasteiger partial charge >= 0.3 is 23.9 Å². The van der Waals surface area contributed by atoms with Crippen LogP contribution < -0.4 is 0 Å². The van der Waals surface area contributed by atoms with Crippen LogP contribution >= 0.6 is 0 Å². The molecule has 0 aromatic heterocycles. The van der Waals surface area contributed by atoms with Crippen molar-refractivity contribution >= 4 is 29.6 Å². The van der Waals surface area contributed by atoms with Gasteiger partial charge in [0.05, 0.1) is 0 Å². The van der Waals surface area contributed by atoms with Gasteiger partial charge in [-0.3, -0.25) is 14.4 Å². The summed E-state index contributed by atoms with van der Waals surface area (Å²) in [4.78, 5) is 47.9. The fourth-order valence-corrected chi connectivity index (χ4v) is 1.07. The summed E-state index contributed by atoms with van der Waals surface area (Å²) in [6, 6.07) is 0. The predicted molar refractivity (Wildman–Crippen MR) is 68.0 cm³/mol. The van der Waals surface area contributed by atoms with E-state index in [9.17, 15) is 19.2 Å². The largest absolute Gasteiger partial charge is 0.461 e.